The molecule has 2 fully saturated rings. The molecule has 2 aromatic carbocycles. The third-order valence-corrected chi connectivity index (χ3v) is 8.07. The fraction of sp³-hybridized carbons (Fsp3) is 0.276. The number of nitrogens with one attached hydrogen (secondary N) is 2. The van der Waals surface area contributed by atoms with E-state index >= 15 is 0 Å². The molecule has 180 valence electrons. The van der Waals surface area contributed by atoms with Crippen molar-refractivity contribution in [1.82, 2.24) is 20.1 Å². The van der Waals surface area contributed by atoms with E-state index in [9.17, 15) is 4.79 Å². The Kier molecular flexibility index (Phi) is 4.76. The minimum atomic E-state index is -0.420. The van der Waals surface area contributed by atoms with Crippen LogP contribution in [-0.2, 0) is 10.2 Å². The van der Waals surface area contributed by atoms with Gasteiger partial charge in [-0.3, -0.25) is 9.89 Å². The van der Waals surface area contributed by atoms with Crippen molar-refractivity contribution in [2.24, 2.45) is 0 Å². The molecule has 1 spiro atoms. The number of benzene rings is 2. The van der Waals surface area contributed by atoms with Gasteiger partial charge in [0.1, 0.15) is 5.82 Å². The van der Waals surface area contributed by atoms with Crippen molar-refractivity contribution in [3.8, 4) is 0 Å². The van der Waals surface area contributed by atoms with Crippen LogP contribution in [0.25, 0.3) is 23.1 Å². The highest BCUT2D eigenvalue weighted by Gasteiger charge is 2.65. The van der Waals surface area contributed by atoms with Crippen LogP contribution in [0.5, 0.6) is 0 Å². The first-order chi connectivity index (χ1) is 17.6. The van der Waals surface area contributed by atoms with Crippen LogP contribution >= 0.6 is 0 Å². The lowest BCUT2D eigenvalue weighted by molar-refractivity contribution is -0.118. The number of aromatic amines is 1. The van der Waals surface area contributed by atoms with Crippen molar-refractivity contribution in [2.45, 2.75) is 17.8 Å². The number of fused-ring (bicyclic) bond motifs is 3. The van der Waals surface area contributed by atoms with E-state index in [4.69, 9.17) is 0 Å². The number of anilines is 2. The average molecular weight is 477 g/mol. The van der Waals surface area contributed by atoms with Crippen molar-refractivity contribution >= 4 is 40.5 Å². The molecule has 7 nitrogen and oxygen atoms in total. The van der Waals surface area contributed by atoms with E-state index < -0.39 is 5.41 Å². The summed E-state index contributed by atoms with van der Waals surface area (Å²) < 4.78 is 0. The number of pyridine rings is 1. The van der Waals surface area contributed by atoms with Crippen LogP contribution in [0.15, 0.2) is 60.8 Å². The van der Waals surface area contributed by atoms with Crippen LogP contribution in [0, 0.1) is 0 Å². The van der Waals surface area contributed by atoms with Gasteiger partial charge in [0.15, 0.2) is 0 Å². The third kappa shape index (κ3) is 3.34. The van der Waals surface area contributed by atoms with E-state index in [-0.39, 0.29) is 11.8 Å². The van der Waals surface area contributed by atoms with Crippen LogP contribution in [0.1, 0.15) is 34.7 Å². The van der Waals surface area contributed by atoms with Crippen molar-refractivity contribution < 1.29 is 4.79 Å². The molecule has 3 aliphatic rings. The van der Waals surface area contributed by atoms with Gasteiger partial charge in [0.2, 0.25) is 5.91 Å². The first-order valence-corrected chi connectivity index (χ1v) is 12.6. The number of hydrogen-bond acceptors (Lipinski definition) is 5. The Hall–Kier alpha value is -3.97. The van der Waals surface area contributed by atoms with Crippen LogP contribution in [0.3, 0.4) is 0 Å². The average Bonchev–Trinajstić information content (AvgIpc) is 3.44. The smallest absolute Gasteiger partial charge is 0.235 e. The molecular formula is C29H28N6O. The number of amides is 1. The summed E-state index contributed by atoms with van der Waals surface area (Å²) in [6.07, 6.45) is 6.86. The summed E-state index contributed by atoms with van der Waals surface area (Å²) in [5.41, 5.74) is 5.77. The number of carbonyl (C=O) groups excluding carboxylic acids is 1. The SMILES string of the molecule is CN1CCN(c2ccc(/C=C/c3n[nH]c4cc(C5C[C@@]56C(=O)Nc5ccccc56)ccc34)cn2)CC1. The number of piperazine rings is 1. The second kappa shape index (κ2) is 8.03. The normalized spacial score (nSPS) is 23.5. The van der Waals surface area contributed by atoms with Gasteiger partial charge in [-0.2, -0.15) is 5.10 Å². The Labute approximate surface area is 209 Å². The predicted molar refractivity (Wildman–Crippen MR) is 143 cm³/mol. The van der Waals surface area contributed by atoms with E-state index in [1.807, 2.05) is 30.5 Å². The maximum atomic E-state index is 12.9. The molecule has 7 rings (SSSR count). The monoisotopic (exact) mass is 476 g/mol. The summed E-state index contributed by atoms with van der Waals surface area (Å²) in [6, 6.07) is 18.7. The molecule has 2 N–H and O–H groups in total. The Morgan fingerprint density at radius 1 is 1.03 bits per heavy atom. The van der Waals surface area contributed by atoms with E-state index in [0.717, 1.165) is 71.8 Å². The molecule has 1 saturated heterocycles. The Balaban J connectivity index is 1.09. The van der Waals surface area contributed by atoms with E-state index in [1.165, 1.54) is 5.56 Å². The molecule has 1 amide bonds. The van der Waals surface area contributed by atoms with Crippen LogP contribution in [0.4, 0.5) is 11.5 Å². The molecule has 2 atom stereocenters. The van der Waals surface area contributed by atoms with Crippen LogP contribution in [0.2, 0.25) is 0 Å². The Morgan fingerprint density at radius 3 is 2.72 bits per heavy atom. The van der Waals surface area contributed by atoms with E-state index in [0.29, 0.717) is 0 Å². The highest BCUT2D eigenvalue weighted by atomic mass is 16.2. The number of nitrogens with zero attached hydrogens (tertiary/aromatic N) is 4. The molecule has 0 radical (unpaired) electrons. The van der Waals surface area contributed by atoms with Crippen LogP contribution < -0.4 is 10.2 Å². The van der Waals surface area contributed by atoms with Gasteiger partial charge in [-0.05, 0) is 60.5 Å². The van der Waals surface area contributed by atoms with Gasteiger partial charge in [-0.15, -0.1) is 0 Å². The zero-order chi connectivity index (χ0) is 24.3. The van der Waals surface area contributed by atoms with Gasteiger partial charge in [0, 0.05) is 49.4 Å². The lowest BCUT2D eigenvalue weighted by Gasteiger charge is -2.33. The highest BCUT2D eigenvalue weighted by Crippen LogP contribution is 2.64. The Morgan fingerprint density at radius 2 is 1.89 bits per heavy atom. The number of aromatic nitrogens is 3. The zero-order valence-electron chi connectivity index (χ0n) is 20.2. The molecule has 1 unspecified atom stereocenters. The van der Waals surface area contributed by atoms with Crippen molar-refractivity contribution in [1.29, 1.82) is 0 Å². The maximum absolute atomic E-state index is 12.9. The predicted octanol–water partition coefficient (Wildman–Crippen LogP) is 4.26. The molecule has 4 heterocycles. The number of para-hydroxylation sites is 1. The molecule has 2 aromatic heterocycles. The summed E-state index contributed by atoms with van der Waals surface area (Å²) in [7, 11) is 2.16. The number of hydrogen-bond donors (Lipinski definition) is 2. The topological polar surface area (TPSA) is 77.1 Å². The summed E-state index contributed by atoms with van der Waals surface area (Å²) in [5.74, 6) is 1.35. The lowest BCUT2D eigenvalue weighted by Crippen LogP contribution is -2.44. The zero-order valence-corrected chi connectivity index (χ0v) is 20.2. The standard InChI is InChI=1S/C29H28N6O/c1-34-12-14-35(15-13-34)27-11-7-19(18-30-27)6-10-24-21-9-8-20(16-26(21)33-32-24)23-17-29(23)22-4-2-3-5-25(22)31-28(29)36/h2-11,16,18,23H,12-15,17H2,1H3,(H,31,36)(H,32,33)/b10-6+/t23?,29-/m0/s1. The van der Waals surface area contributed by atoms with E-state index in [1.54, 1.807) is 0 Å². The summed E-state index contributed by atoms with van der Waals surface area (Å²) in [5, 5.41) is 11.9. The summed E-state index contributed by atoms with van der Waals surface area (Å²) in [6.45, 7) is 4.16. The second-order valence-corrected chi connectivity index (χ2v) is 10.2. The largest absolute Gasteiger partial charge is 0.354 e. The van der Waals surface area contributed by atoms with Gasteiger partial charge >= 0.3 is 0 Å². The van der Waals surface area contributed by atoms with Gasteiger partial charge < -0.3 is 15.1 Å². The van der Waals surface area contributed by atoms with Gasteiger partial charge in [0.25, 0.3) is 0 Å². The van der Waals surface area contributed by atoms with Crippen molar-refractivity contribution in [2.75, 3.05) is 43.4 Å². The molecular weight excluding hydrogens is 448 g/mol. The molecule has 1 aliphatic carbocycles. The number of H-pyrrole nitrogens is 1. The minimum absolute atomic E-state index is 0.120. The molecule has 2 aliphatic heterocycles. The number of carbonyl (C=O) groups is 1. The fourth-order valence-electron chi connectivity index (χ4n) is 5.85. The van der Waals surface area contributed by atoms with E-state index in [2.05, 4.69) is 79.8 Å². The number of likely N-dealkylation sites (N-methyl/N-ethyl adjacent to an activating group) is 1. The number of rotatable bonds is 4. The first kappa shape index (κ1) is 21.3. The first-order valence-electron chi connectivity index (χ1n) is 12.6. The molecule has 1 saturated carbocycles. The fourth-order valence-corrected chi connectivity index (χ4v) is 5.85. The maximum Gasteiger partial charge on any atom is 0.235 e. The molecule has 4 aromatic rings. The summed E-state index contributed by atoms with van der Waals surface area (Å²) >= 11 is 0. The van der Waals surface area contributed by atoms with Gasteiger partial charge in [-0.1, -0.05) is 36.4 Å². The summed E-state index contributed by atoms with van der Waals surface area (Å²) in [4.78, 5) is 22.2. The van der Waals surface area contributed by atoms with Gasteiger partial charge in [-0.25, -0.2) is 4.98 Å². The van der Waals surface area contributed by atoms with Gasteiger partial charge in [0.05, 0.1) is 16.6 Å². The third-order valence-electron chi connectivity index (χ3n) is 8.07. The van der Waals surface area contributed by atoms with Crippen LogP contribution in [-0.4, -0.2) is 59.2 Å². The molecule has 7 heteroatoms. The minimum Gasteiger partial charge on any atom is -0.354 e. The van der Waals surface area contributed by atoms with Crippen molar-refractivity contribution in [3.63, 3.8) is 0 Å². The lowest BCUT2D eigenvalue weighted by atomic mass is 9.92. The highest BCUT2D eigenvalue weighted by molar-refractivity contribution is 6.09. The van der Waals surface area contributed by atoms with Crippen molar-refractivity contribution in [3.05, 3.63) is 83.2 Å². The quantitative estimate of drug-likeness (QED) is 0.460. The Bertz CT molecular complexity index is 1500. The second-order valence-electron chi connectivity index (χ2n) is 10.2. The molecule has 0 bridgehead atoms. The molecule has 36 heavy (non-hydrogen) atoms.